The van der Waals surface area contributed by atoms with Crippen LogP contribution in [-0.2, 0) is 11.2 Å². The van der Waals surface area contributed by atoms with Gasteiger partial charge in [-0.25, -0.2) is 4.39 Å². The van der Waals surface area contributed by atoms with E-state index in [2.05, 4.69) is 47.4 Å². The lowest BCUT2D eigenvalue weighted by atomic mass is 9.53. The molecular weight excluding hydrogens is 485 g/mol. The van der Waals surface area contributed by atoms with Gasteiger partial charge in [-0.2, -0.15) is 0 Å². The van der Waals surface area contributed by atoms with E-state index in [0.29, 0.717) is 6.42 Å². The minimum absolute atomic E-state index is 0.0295. The number of anilines is 1. The number of H-pyrrole nitrogens is 1. The van der Waals surface area contributed by atoms with E-state index < -0.39 is 0 Å². The lowest BCUT2D eigenvalue weighted by molar-refractivity contribution is -0.130. The van der Waals surface area contributed by atoms with Gasteiger partial charge < -0.3 is 15.2 Å². The Morgan fingerprint density at radius 2 is 1.79 bits per heavy atom. The van der Waals surface area contributed by atoms with Crippen LogP contribution < -0.4 is 5.32 Å². The predicted molar refractivity (Wildman–Crippen MR) is 154 cm³/mol. The molecular formula is C34H38FN3O. The summed E-state index contributed by atoms with van der Waals surface area (Å²) >= 11 is 0. The molecule has 2 atom stereocenters. The van der Waals surface area contributed by atoms with Crippen molar-refractivity contribution < 1.29 is 9.18 Å². The normalized spacial score (nSPS) is 30.8. The van der Waals surface area contributed by atoms with Crippen molar-refractivity contribution in [3.05, 3.63) is 65.1 Å². The van der Waals surface area contributed by atoms with Crippen LogP contribution in [0.25, 0.3) is 10.9 Å². The smallest absolute Gasteiger partial charge is 0.299 e. The van der Waals surface area contributed by atoms with Crippen LogP contribution in [0.2, 0.25) is 0 Å². The second-order valence-corrected chi connectivity index (χ2v) is 12.9. The zero-order valence-corrected chi connectivity index (χ0v) is 22.8. The zero-order valence-electron chi connectivity index (χ0n) is 22.8. The highest BCUT2D eigenvalue weighted by atomic mass is 19.1. The summed E-state index contributed by atoms with van der Waals surface area (Å²) in [6.45, 7) is 2.16. The van der Waals surface area contributed by atoms with Crippen LogP contribution in [0, 0.1) is 35.9 Å². The molecule has 8 rings (SSSR count). The monoisotopic (exact) mass is 523 g/mol. The van der Waals surface area contributed by atoms with Gasteiger partial charge in [-0.1, -0.05) is 31.9 Å². The Balaban J connectivity index is 1.26. The standard InChI is InChI=1S/C34H38FN3O/c1-3-5-6-27-17-29-28-16-25(35)9-12-30(28)36-32(29)33(38(27)31(39)4-2)24-7-10-26(11-8-24)37-34-18-21-13-22(19-34)15-23(14-21)20-34/h2,7-12,16,21-23,27,33,36-37H,3,5-6,13-15,17-20H2,1H3/t21?,22?,23?,27-,33-,34?/m0/s1. The molecule has 2 heterocycles. The fourth-order valence-corrected chi connectivity index (χ4v) is 9.06. The first kappa shape index (κ1) is 24.8. The number of fused-ring (bicyclic) bond motifs is 3. The van der Waals surface area contributed by atoms with Gasteiger partial charge in [0.2, 0.25) is 0 Å². The highest BCUT2D eigenvalue weighted by Crippen LogP contribution is 2.56. The molecule has 4 saturated carbocycles. The Morgan fingerprint density at radius 3 is 2.44 bits per heavy atom. The summed E-state index contributed by atoms with van der Waals surface area (Å²) in [5.41, 5.74) is 5.39. The molecule has 0 radical (unpaired) electrons. The molecule has 39 heavy (non-hydrogen) atoms. The van der Waals surface area contributed by atoms with Crippen molar-refractivity contribution in [3.8, 4) is 12.3 Å². The Kier molecular flexibility index (Phi) is 5.99. The van der Waals surface area contributed by atoms with Crippen molar-refractivity contribution in [2.45, 2.75) is 88.8 Å². The number of hydrogen-bond acceptors (Lipinski definition) is 2. The third-order valence-electron chi connectivity index (χ3n) is 10.2. The summed E-state index contributed by atoms with van der Waals surface area (Å²) in [7, 11) is 0. The number of aromatic amines is 1. The quantitative estimate of drug-likeness (QED) is 0.332. The Morgan fingerprint density at radius 1 is 1.10 bits per heavy atom. The summed E-state index contributed by atoms with van der Waals surface area (Å²) in [6.07, 6.45) is 17.5. The molecule has 2 aromatic carbocycles. The second-order valence-electron chi connectivity index (χ2n) is 12.9. The molecule has 2 N–H and O–H groups in total. The average Bonchev–Trinajstić information content (AvgIpc) is 3.27. The van der Waals surface area contributed by atoms with Crippen LogP contribution in [0.3, 0.4) is 0 Å². The second kappa shape index (κ2) is 9.44. The maximum absolute atomic E-state index is 14.3. The Labute approximate surface area is 230 Å². The van der Waals surface area contributed by atoms with Gasteiger partial charge in [-0.15, -0.1) is 6.42 Å². The summed E-state index contributed by atoms with van der Waals surface area (Å²) < 4.78 is 14.3. The minimum atomic E-state index is -0.330. The number of carbonyl (C=O) groups is 1. The van der Waals surface area contributed by atoms with Crippen LogP contribution in [0.5, 0.6) is 0 Å². The van der Waals surface area contributed by atoms with Gasteiger partial charge in [0.15, 0.2) is 0 Å². The first-order valence-electron chi connectivity index (χ1n) is 14.9. The molecule has 4 nitrogen and oxygen atoms in total. The van der Waals surface area contributed by atoms with Crippen LogP contribution in [0.1, 0.15) is 87.6 Å². The van der Waals surface area contributed by atoms with Gasteiger partial charge in [-0.3, -0.25) is 4.79 Å². The fraction of sp³-hybridized carbons (Fsp3) is 0.500. The molecule has 1 aliphatic heterocycles. The number of carbonyl (C=O) groups excluding carboxylic acids is 1. The number of nitrogens with zero attached hydrogens (tertiary/aromatic N) is 1. The van der Waals surface area contributed by atoms with Gasteiger partial charge in [0, 0.05) is 33.9 Å². The molecule has 1 aromatic heterocycles. The van der Waals surface area contributed by atoms with Gasteiger partial charge in [0.05, 0.1) is 6.04 Å². The number of hydrogen-bond donors (Lipinski definition) is 2. The van der Waals surface area contributed by atoms with E-state index in [1.807, 2.05) is 4.90 Å². The van der Waals surface area contributed by atoms with E-state index >= 15 is 0 Å². The molecule has 4 aliphatic carbocycles. The highest BCUT2D eigenvalue weighted by molar-refractivity contribution is 5.95. The van der Waals surface area contributed by atoms with Crippen LogP contribution in [0.4, 0.5) is 10.1 Å². The predicted octanol–water partition coefficient (Wildman–Crippen LogP) is 7.35. The van der Waals surface area contributed by atoms with Crippen molar-refractivity contribution in [3.63, 3.8) is 0 Å². The van der Waals surface area contributed by atoms with Crippen molar-refractivity contribution in [2.75, 3.05) is 5.32 Å². The number of nitrogens with one attached hydrogen (secondary N) is 2. The number of amides is 1. The molecule has 4 fully saturated rings. The van der Waals surface area contributed by atoms with Crippen LogP contribution in [0.15, 0.2) is 42.5 Å². The van der Waals surface area contributed by atoms with Crippen LogP contribution >= 0.6 is 0 Å². The third-order valence-corrected chi connectivity index (χ3v) is 10.2. The Bertz CT molecular complexity index is 1410. The first-order valence-corrected chi connectivity index (χ1v) is 14.9. The first-order chi connectivity index (χ1) is 18.9. The molecule has 5 aliphatic rings. The molecule has 0 spiro atoms. The van der Waals surface area contributed by atoms with Crippen LogP contribution in [-0.4, -0.2) is 27.4 Å². The number of benzene rings is 2. The van der Waals surface area contributed by atoms with Gasteiger partial charge in [0.1, 0.15) is 5.82 Å². The van der Waals surface area contributed by atoms with E-state index in [0.717, 1.165) is 70.4 Å². The Hall–Kier alpha value is -3.26. The summed E-state index contributed by atoms with van der Waals surface area (Å²) in [6, 6.07) is 13.2. The fourth-order valence-electron chi connectivity index (χ4n) is 9.06. The lowest BCUT2D eigenvalue weighted by Crippen LogP contribution is -2.54. The van der Waals surface area contributed by atoms with E-state index in [1.165, 1.54) is 44.6 Å². The average molecular weight is 524 g/mol. The molecule has 1 amide bonds. The number of terminal acetylenes is 1. The molecule has 5 heteroatoms. The molecule has 0 unspecified atom stereocenters. The maximum atomic E-state index is 14.3. The van der Waals surface area contributed by atoms with Crippen molar-refractivity contribution in [1.82, 2.24) is 9.88 Å². The van der Waals surface area contributed by atoms with E-state index in [9.17, 15) is 9.18 Å². The highest BCUT2D eigenvalue weighted by Gasteiger charge is 2.51. The van der Waals surface area contributed by atoms with E-state index in [4.69, 9.17) is 6.42 Å². The number of halogens is 1. The van der Waals surface area contributed by atoms with Gasteiger partial charge in [-0.05, 0) is 116 Å². The summed E-state index contributed by atoms with van der Waals surface area (Å²) in [5.74, 6) is 4.55. The van der Waals surface area contributed by atoms with Gasteiger partial charge in [0.25, 0.3) is 5.91 Å². The van der Waals surface area contributed by atoms with Crippen molar-refractivity contribution in [1.29, 1.82) is 0 Å². The number of unbranched alkanes of at least 4 members (excludes halogenated alkanes) is 1. The van der Waals surface area contributed by atoms with Crippen molar-refractivity contribution in [2.24, 2.45) is 17.8 Å². The van der Waals surface area contributed by atoms with Gasteiger partial charge >= 0.3 is 0 Å². The molecule has 3 aromatic rings. The summed E-state index contributed by atoms with van der Waals surface area (Å²) in [4.78, 5) is 18.7. The number of aromatic nitrogens is 1. The molecule has 0 saturated heterocycles. The number of rotatable bonds is 6. The maximum Gasteiger partial charge on any atom is 0.299 e. The molecule has 4 bridgehead atoms. The largest absolute Gasteiger partial charge is 0.380 e. The third kappa shape index (κ3) is 4.24. The SMILES string of the molecule is C#CC(=O)N1[C@@H](CCCC)Cc2c([nH]c3ccc(F)cc23)[C@@H]1c1ccc(NC23CC4CC(CC(C4)C2)C3)cc1. The topological polar surface area (TPSA) is 48.1 Å². The molecule has 202 valence electrons. The minimum Gasteiger partial charge on any atom is -0.380 e. The van der Waals surface area contributed by atoms with E-state index in [1.54, 1.807) is 12.1 Å². The lowest BCUT2D eigenvalue weighted by Gasteiger charge is -2.57. The van der Waals surface area contributed by atoms with E-state index in [-0.39, 0.29) is 29.3 Å². The van der Waals surface area contributed by atoms with Crippen molar-refractivity contribution >= 4 is 22.5 Å². The zero-order chi connectivity index (χ0) is 26.7. The summed E-state index contributed by atoms with van der Waals surface area (Å²) in [5, 5.41) is 4.89.